The molecule has 0 bridgehead atoms. The molecule has 0 aromatic rings. The van der Waals surface area contributed by atoms with Crippen LogP contribution in [-0.2, 0) is 4.79 Å². The Hall–Kier alpha value is -0.220. The van der Waals surface area contributed by atoms with Gasteiger partial charge >= 0.3 is 0 Å². The summed E-state index contributed by atoms with van der Waals surface area (Å²) in [5, 5.41) is 2.98. The summed E-state index contributed by atoms with van der Waals surface area (Å²) in [6.45, 7) is 2.75. The first kappa shape index (κ1) is 11.9. The lowest BCUT2D eigenvalue weighted by Crippen LogP contribution is -2.32. The summed E-state index contributed by atoms with van der Waals surface area (Å²) in [7, 11) is 0. The topological polar surface area (TPSA) is 55.1 Å². The average Bonchev–Trinajstić information content (AvgIpc) is 2.92. The van der Waals surface area contributed by atoms with Crippen LogP contribution < -0.4 is 11.1 Å². The Bertz CT molecular complexity index is 202. The van der Waals surface area contributed by atoms with Crippen LogP contribution in [0.25, 0.3) is 0 Å². The van der Waals surface area contributed by atoms with E-state index < -0.39 is 0 Å². The summed E-state index contributed by atoms with van der Waals surface area (Å²) in [6, 6.07) is 0.121. The SMILES string of the molecule is CSC1(CNC(=O)CCC(C)N)CC1. The Labute approximate surface area is 90.2 Å². The van der Waals surface area contributed by atoms with Crippen molar-refractivity contribution in [3.8, 4) is 0 Å². The molecule has 1 rings (SSSR count). The Balaban J connectivity index is 2.09. The van der Waals surface area contributed by atoms with Crippen LogP contribution in [0, 0.1) is 0 Å². The minimum Gasteiger partial charge on any atom is -0.355 e. The summed E-state index contributed by atoms with van der Waals surface area (Å²) in [5.74, 6) is 0.141. The van der Waals surface area contributed by atoms with E-state index in [-0.39, 0.29) is 11.9 Å². The van der Waals surface area contributed by atoms with Crippen LogP contribution in [-0.4, -0.2) is 29.5 Å². The molecule has 0 spiro atoms. The van der Waals surface area contributed by atoms with Gasteiger partial charge in [0.05, 0.1) is 0 Å². The molecule has 3 N–H and O–H groups in total. The van der Waals surface area contributed by atoms with Gasteiger partial charge in [-0.2, -0.15) is 11.8 Å². The minimum atomic E-state index is 0.121. The fourth-order valence-corrected chi connectivity index (χ4v) is 2.03. The molecule has 0 heterocycles. The second-order valence-electron chi connectivity index (χ2n) is 4.18. The van der Waals surface area contributed by atoms with Gasteiger partial charge in [0.25, 0.3) is 0 Å². The fourth-order valence-electron chi connectivity index (χ4n) is 1.30. The van der Waals surface area contributed by atoms with Crippen LogP contribution in [0.3, 0.4) is 0 Å². The Kier molecular flexibility index (Phi) is 4.26. The number of hydrogen-bond acceptors (Lipinski definition) is 3. The summed E-state index contributed by atoms with van der Waals surface area (Å²) in [6.07, 6.45) is 5.92. The molecule has 82 valence electrons. The summed E-state index contributed by atoms with van der Waals surface area (Å²) >= 11 is 1.87. The highest BCUT2D eigenvalue weighted by Gasteiger charge is 2.41. The highest BCUT2D eigenvalue weighted by Crippen LogP contribution is 2.46. The van der Waals surface area contributed by atoms with E-state index in [0.717, 1.165) is 13.0 Å². The van der Waals surface area contributed by atoms with E-state index in [1.165, 1.54) is 12.8 Å². The molecule has 1 aliphatic carbocycles. The number of hydrogen-bond donors (Lipinski definition) is 2. The largest absolute Gasteiger partial charge is 0.355 e. The zero-order valence-electron chi connectivity index (χ0n) is 9.01. The molecule has 1 aliphatic rings. The molecule has 1 fully saturated rings. The zero-order chi connectivity index (χ0) is 10.6. The Morgan fingerprint density at radius 2 is 2.29 bits per heavy atom. The van der Waals surface area contributed by atoms with Crippen molar-refractivity contribution >= 4 is 17.7 Å². The van der Waals surface area contributed by atoms with E-state index in [1.54, 1.807) is 0 Å². The number of nitrogens with two attached hydrogens (primary N) is 1. The number of thioether (sulfide) groups is 1. The van der Waals surface area contributed by atoms with Crippen LogP contribution in [0.2, 0.25) is 0 Å². The number of rotatable bonds is 6. The van der Waals surface area contributed by atoms with Gasteiger partial charge < -0.3 is 11.1 Å². The molecule has 4 heteroatoms. The number of carbonyl (C=O) groups is 1. The Morgan fingerprint density at radius 1 is 1.64 bits per heavy atom. The zero-order valence-corrected chi connectivity index (χ0v) is 9.82. The van der Waals surface area contributed by atoms with Crippen molar-refractivity contribution in [3.63, 3.8) is 0 Å². The quantitative estimate of drug-likeness (QED) is 0.699. The maximum Gasteiger partial charge on any atom is 0.220 e. The average molecular weight is 216 g/mol. The molecule has 0 aromatic heterocycles. The highest BCUT2D eigenvalue weighted by atomic mass is 32.2. The maximum absolute atomic E-state index is 11.4. The third kappa shape index (κ3) is 3.88. The van der Waals surface area contributed by atoms with Gasteiger partial charge in [0, 0.05) is 23.8 Å². The molecular weight excluding hydrogens is 196 g/mol. The van der Waals surface area contributed by atoms with E-state index in [1.807, 2.05) is 18.7 Å². The fraction of sp³-hybridized carbons (Fsp3) is 0.900. The first-order valence-electron chi connectivity index (χ1n) is 5.15. The molecule has 1 atom stereocenters. The lowest BCUT2D eigenvalue weighted by atomic mass is 10.2. The molecule has 0 aromatic carbocycles. The third-order valence-corrected chi connectivity index (χ3v) is 4.09. The second kappa shape index (κ2) is 5.03. The van der Waals surface area contributed by atoms with Crippen molar-refractivity contribution < 1.29 is 4.79 Å². The summed E-state index contributed by atoms with van der Waals surface area (Å²) in [5.41, 5.74) is 5.58. The molecule has 1 amide bonds. The van der Waals surface area contributed by atoms with Crippen LogP contribution in [0.5, 0.6) is 0 Å². The second-order valence-corrected chi connectivity index (χ2v) is 5.45. The van der Waals surface area contributed by atoms with Crippen molar-refractivity contribution in [3.05, 3.63) is 0 Å². The molecule has 3 nitrogen and oxygen atoms in total. The van der Waals surface area contributed by atoms with E-state index in [4.69, 9.17) is 5.73 Å². The van der Waals surface area contributed by atoms with Crippen molar-refractivity contribution in [2.45, 2.75) is 43.4 Å². The van der Waals surface area contributed by atoms with Gasteiger partial charge in [0.2, 0.25) is 5.91 Å². The van der Waals surface area contributed by atoms with Crippen molar-refractivity contribution in [2.24, 2.45) is 5.73 Å². The van der Waals surface area contributed by atoms with E-state index >= 15 is 0 Å². The summed E-state index contributed by atoms with van der Waals surface area (Å²) < 4.78 is 0.365. The highest BCUT2D eigenvalue weighted by molar-refractivity contribution is 8.00. The van der Waals surface area contributed by atoms with Crippen LogP contribution in [0.1, 0.15) is 32.6 Å². The van der Waals surface area contributed by atoms with Gasteiger partial charge in [-0.05, 0) is 32.4 Å². The van der Waals surface area contributed by atoms with Crippen LogP contribution in [0.15, 0.2) is 0 Å². The first-order chi connectivity index (χ1) is 6.58. The molecular formula is C10H20N2OS. The van der Waals surface area contributed by atoms with E-state index in [9.17, 15) is 4.79 Å². The van der Waals surface area contributed by atoms with Crippen molar-refractivity contribution in [1.29, 1.82) is 0 Å². The van der Waals surface area contributed by atoms with Crippen LogP contribution in [0.4, 0.5) is 0 Å². The molecule has 0 aliphatic heterocycles. The van der Waals surface area contributed by atoms with Crippen LogP contribution >= 0.6 is 11.8 Å². The van der Waals surface area contributed by atoms with Crippen molar-refractivity contribution in [2.75, 3.05) is 12.8 Å². The Morgan fingerprint density at radius 3 is 2.71 bits per heavy atom. The molecule has 1 unspecified atom stereocenters. The van der Waals surface area contributed by atoms with Gasteiger partial charge in [0.1, 0.15) is 0 Å². The molecule has 0 radical (unpaired) electrons. The monoisotopic (exact) mass is 216 g/mol. The lowest BCUT2D eigenvalue weighted by molar-refractivity contribution is -0.121. The number of nitrogens with one attached hydrogen (secondary N) is 1. The number of amides is 1. The lowest BCUT2D eigenvalue weighted by Gasteiger charge is -2.13. The van der Waals surface area contributed by atoms with Gasteiger partial charge in [-0.15, -0.1) is 0 Å². The molecule has 14 heavy (non-hydrogen) atoms. The normalized spacial score (nSPS) is 20.2. The van der Waals surface area contributed by atoms with Gasteiger partial charge in [0.15, 0.2) is 0 Å². The van der Waals surface area contributed by atoms with Gasteiger partial charge in [-0.3, -0.25) is 4.79 Å². The minimum absolute atomic E-state index is 0.121. The predicted octanol–water partition coefficient (Wildman–Crippen LogP) is 1.13. The first-order valence-corrected chi connectivity index (χ1v) is 6.38. The van der Waals surface area contributed by atoms with E-state index in [2.05, 4.69) is 11.6 Å². The summed E-state index contributed by atoms with van der Waals surface area (Å²) in [4.78, 5) is 11.4. The standard InChI is InChI=1S/C10H20N2OS/c1-8(11)3-4-9(13)12-7-10(14-2)5-6-10/h8H,3-7,11H2,1-2H3,(H,12,13). The maximum atomic E-state index is 11.4. The third-order valence-electron chi connectivity index (χ3n) is 2.68. The predicted molar refractivity (Wildman–Crippen MR) is 61.4 cm³/mol. The smallest absolute Gasteiger partial charge is 0.220 e. The van der Waals surface area contributed by atoms with E-state index in [0.29, 0.717) is 11.2 Å². The van der Waals surface area contributed by atoms with Crippen molar-refractivity contribution in [1.82, 2.24) is 5.32 Å². The number of carbonyl (C=O) groups excluding carboxylic acids is 1. The molecule has 0 saturated heterocycles. The van der Waals surface area contributed by atoms with Gasteiger partial charge in [-0.25, -0.2) is 0 Å². The van der Waals surface area contributed by atoms with Gasteiger partial charge in [-0.1, -0.05) is 0 Å². The molecule has 1 saturated carbocycles.